The van der Waals surface area contributed by atoms with Gasteiger partial charge < -0.3 is 0 Å². The summed E-state index contributed by atoms with van der Waals surface area (Å²) in [6.45, 7) is 0. The first kappa shape index (κ1) is 12.4. The van der Waals surface area contributed by atoms with Gasteiger partial charge in [0.25, 0.3) is 0 Å². The lowest BCUT2D eigenvalue weighted by Gasteiger charge is -2.13. The average Bonchev–Trinajstić information content (AvgIpc) is 2.84. The third-order valence-corrected chi connectivity index (χ3v) is 3.12. The van der Waals surface area contributed by atoms with Crippen molar-refractivity contribution in [2.75, 3.05) is 0 Å². The summed E-state index contributed by atoms with van der Waals surface area (Å²) in [4.78, 5) is 0. The van der Waals surface area contributed by atoms with Gasteiger partial charge in [-0.25, -0.2) is 4.39 Å². The molecule has 0 bridgehead atoms. The summed E-state index contributed by atoms with van der Waals surface area (Å²) in [5.41, 5.74) is 3.78. The molecule has 0 amide bonds. The third-order valence-electron chi connectivity index (χ3n) is 2.37. The molecule has 1 aromatic carbocycles. The highest BCUT2D eigenvalue weighted by molar-refractivity contribution is 7.03. The number of nitrogens with one attached hydrogen (secondary N) is 1. The van der Waals surface area contributed by atoms with Crippen molar-refractivity contribution >= 4 is 23.1 Å². The maximum Gasteiger partial charge on any atom is 0.126 e. The van der Waals surface area contributed by atoms with Gasteiger partial charge in [-0.15, -0.1) is 5.10 Å². The van der Waals surface area contributed by atoms with Crippen molar-refractivity contribution in [3.8, 4) is 0 Å². The van der Waals surface area contributed by atoms with Gasteiger partial charge in [0.15, 0.2) is 0 Å². The van der Waals surface area contributed by atoms with Crippen LogP contribution in [0, 0.1) is 5.82 Å². The van der Waals surface area contributed by atoms with Crippen LogP contribution in [0.15, 0.2) is 23.6 Å². The van der Waals surface area contributed by atoms with Crippen LogP contribution >= 0.6 is 23.1 Å². The number of nitrogens with two attached hydrogens (primary N) is 1. The van der Waals surface area contributed by atoms with Gasteiger partial charge in [0.2, 0.25) is 0 Å². The van der Waals surface area contributed by atoms with Crippen LogP contribution < -0.4 is 11.3 Å². The van der Waals surface area contributed by atoms with E-state index >= 15 is 0 Å². The molecular formula is C10H10ClFN4S. The molecule has 17 heavy (non-hydrogen) atoms. The zero-order chi connectivity index (χ0) is 12.3. The monoisotopic (exact) mass is 272 g/mol. The van der Waals surface area contributed by atoms with E-state index in [-0.39, 0.29) is 11.9 Å². The van der Waals surface area contributed by atoms with Crippen LogP contribution in [0.2, 0.25) is 5.02 Å². The van der Waals surface area contributed by atoms with Crippen molar-refractivity contribution in [2.45, 2.75) is 12.5 Å². The molecule has 2 aromatic rings. The molecule has 0 fully saturated rings. The number of halogens is 2. The normalized spacial score (nSPS) is 12.6. The summed E-state index contributed by atoms with van der Waals surface area (Å²) in [5, 5.41) is 6.17. The Kier molecular flexibility index (Phi) is 4.01. The van der Waals surface area contributed by atoms with E-state index < -0.39 is 0 Å². The van der Waals surface area contributed by atoms with E-state index in [1.54, 1.807) is 11.4 Å². The Morgan fingerprint density at radius 3 is 3.00 bits per heavy atom. The van der Waals surface area contributed by atoms with Crippen LogP contribution in [0.3, 0.4) is 0 Å². The van der Waals surface area contributed by atoms with E-state index in [4.69, 9.17) is 17.4 Å². The standard InChI is InChI=1S/C10H10ClFN4S/c11-7-1-2-8(12)6(3-7)4-9(14-13)10-5-17-16-15-10/h1-3,5,9,14H,4,13H2. The highest BCUT2D eigenvalue weighted by Gasteiger charge is 2.15. The minimum atomic E-state index is -0.308. The maximum absolute atomic E-state index is 13.5. The molecule has 1 atom stereocenters. The van der Waals surface area contributed by atoms with Gasteiger partial charge in [0.1, 0.15) is 5.82 Å². The quantitative estimate of drug-likeness (QED) is 0.661. The Labute approximate surface area is 107 Å². The van der Waals surface area contributed by atoms with Gasteiger partial charge >= 0.3 is 0 Å². The summed E-state index contributed by atoms with van der Waals surface area (Å²) in [6.07, 6.45) is 0.369. The number of hydrazine groups is 1. The summed E-state index contributed by atoms with van der Waals surface area (Å²) >= 11 is 7.05. The molecule has 0 saturated carbocycles. The molecule has 1 aromatic heterocycles. The van der Waals surface area contributed by atoms with Crippen molar-refractivity contribution in [1.29, 1.82) is 0 Å². The Bertz CT molecular complexity index is 491. The first-order valence-electron chi connectivity index (χ1n) is 4.87. The van der Waals surface area contributed by atoms with Gasteiger partial charge in [-0.05, 0) is 41.7 Å². The van der Waals surface area contributed by atoms with Gasteiger partial charge in [0, 0.05) is 10.4 Å². The van der Waals surface area contributed by atoms with E-state index in [1.165, 1.54) is 23.7 Å². The van der Waals surface area contributed by atoms with E-state index in [1.807, 2.05) is 0 Å². The molecule has 1 unspecified atom stereocenters. The predicted molar refractivity (Wildman–Crippen MR) is 65.1 cm³/mol. The number of nitrogens with zero attached hydrogens (tertiary/aromatic N) is 2. The number of rotatable bonds is 4. The van der Waals surface area contributed by atoms with E-state index in [2.05, 4.69) is 15.0 Å². The second-order valence-corrected chi connectivity index (χ2v) is 4.54. The molecule has 2 rings (SSSR count). The van der Waals surface area contributed by atoms with Crippen LogP contribution in [0.4, 0.5) is 4.39 Å². The van der Waals surface area contributed by atoms with E-state index in [9.17, 15) is 4.39 Å². The number of hydrogen-bond donors (Lipinski definition) is 2. The highest BCUT2D eigenvalue weighted by atomic mass is 35.5. The molecule has 0 radical (unpaired) electrons. The third kappa shape index (κ3) is 2.98. The van der Waals surface area contributed by atoms with Crippen LogP contribution in [0.5, 0.6) is 0 Å². The predicted octanol–water partition coefficient (Wildman–Crippen LogP) is 2.08. The number of aromatic nitrogens is 2. The lowest BCUT2D eigenvalue weighted by atomic mass is 10.0. The van der Waals surface area contributed by atoms with Gasteiger partial charge in [0.05, 0.1) is 11.7 Å². The molecule has 0 aliphatic carbocycles. The first-order chi connectivity index (χ1) is 8.20. The molecule has 1 heterocycles. The van der Waals surface area contributed by atoms with Crippen molar-refractivity contribution in [3.63, 3.8) is 0 Å². The number of hydrogen-bond acceptors (Lipinski definition) is 5. The fourth-order valence-electron chi connectivity index (χ4n) is 1.49. The molecule has 3 N–H and O–H groups in total. The van der Waals surface area contributed by atoms with Crippen molar-refractivity contribution < 1.29 is 4.39 Å². The minimum absolute atomic E-state index is 0.276. The van der Waals surface area contributed by atoms with Gasteiger partial charge in [-0.2, -0.15) is 0 Å². The molecule has 0 aliphatic rings. The largest absolute Gasteiger partial charge is 0.271 e. The maximum atomic E-state index is 13.5. The molecule has 90 valence electrons. The molecule has 0 aliphatic heterocycles. The molecule has 4 nitrogen and oxygen atoms in total. The van der Waals surface area contributed by atoms with Crippen LogP contribution in [0.25, 0.3) is 0 Å². The zero-order valence-corrected chi connectivity index (χ0v) is 10.3. The fourth-order valence-corrected chi connectivity index (χ4v) is 2.19. The van der Waals surface area contributed by atoms with Crippen molar-refractivity contribution in [3.05, 3.63) is 45.7 Å². The minimum Gasteiger partial charge on any atom is -0.271 e. The topological polar surface area (TPSA) is 63.8 Å². The second-order valence-electron chi connectivity index (χ2n) is 3.49. The van der Waals surface area contributed by atoms with E-state index in [0.29, 0.717) is 22.7 Å². The molecule has 7 heteroatoms. The second kappa shape index (κ2) is 5.50. The fraction of sp³-hybridized carbons (Fsp3) is 0.200. The van der Waals surface area contributed by atoms with Gasteiger partial charge in [-0.1, -0.05) is 16.1 Å². The Balaban J connectivity index is 2.21. The summed E-state index contributed by atoms with van der Waals surface area (Å²) in [6, 6.07) is 4.16. The smallest absolute Gasteiger partial charge is 0.126 e. The molecule has 0 spiro atoms. The molecular weight excluding hydrogens is 263 g/mol. The highest BCUT2D eigenvalue weighted by Crippen LogP contribution is 2.21. The van der Waals surface area contributed by atoms with Crippen LogP contribution in [-0.4, -0.2) is 9.59 Å². The number of benzene rings is 1. The van der Waals surface area contributed by atoms with Crippen molar-refractivity contribution in [1.82, 2.24) is 15.0 Å². The Morgan fingerprint density at radius 2 is 2.35 bits per heavy atom. The zero-order valence-electron chi connectivity index (χ0n) is 8.73. The summed E-state index contributed by atoms with van der Waals surface area (Å²) in [7, 11) is 0. The van der Waals surface area contributed by atoms with Crippen LogP contribution in [0.1, 0.15) is 17.3 Å². The molecule has 0 saturated heterocycles. The summed E-state index contributed by atoms with van der Waals surface area (Å²) in [5.74, 6) is 5.12. The lowest BCUT2D eigenvalue weighted by molar-refractivity contribution is 0.518. The Morgan fingerprint density at radius 1 is 1.53 bits per heavy atom. The van der Waals surface area contributed by atoms with Crippen LogP contribution in [-0.2, 0) is 6.42 Å². The summed E-state index contributed by atoms with van der Waals surface area (Å²) < 4.78 is 17.3. The van der Waals surface area contributed by atoms with Gasteiger partial charge in [-0.3, -0.25) is 11.3 Å². The SMILES string of the molecule is NNC(Cc1cc(Cl)ccc1F)c1csnn1. The van der Waals surface area contributed by atoms with Crippen molar-refractivity contribution in [2.24, 2.45) is 5.84 Å². The first-order valence-corrected chi connectivity index (χ1v) is 6.09. The van der Waals surface area contributed by atoms with E-state index in [0.717, 1.165) is 0 Å². The Hall–Kier alpha value is -1.08. The lowest BCUT2D eigenvalue weighted by Crippen LogP contribution is -2.30. The average molecular weight is 273 g/mol.